The first-order valence-corrected chi connectivity index (χ1v) is 10.1. The van der Waals surface area contributed by atoms with E-state index in [1.54, 1.807) is 36.4 Å². The molecule has 2 aromatic carbocycles. The van der Waals surface area contributed by atoms with E-state index in [4.69, 9.17) is 0 Å². The molecule has 26 heavy (non-hydrogen) atoms. The second-order valence-electron chi connectivity index (χ2n) is 5.27. The maximum Gasteiger partial charge on any atom is 0.335 e. The van der Waals surface area contributed by atoms with Crippen LogP contribution in [0.3, 0.4) is 0 Å². The normalized spacial score (nSPS) is 16.2. The number of phenols is 1. The smallest absolute Gasteiger partial charge is 0.335 e. The number of hydrogen-bond donors (Lipinski definition) is 2. The zero-order chi connectivity index (χ0) is 19.0. The number of rotatable bonds is 2. The number of aromatic hydroxyl groups is 1. The van der Waals surface area contributed by atoms with Crippen molar-refractivity contribution in [2.75, 3.05) is 4.90 Å². The first-order valence-electron chi connectivity index (χ1n) is 7.13. The minimum absolute atomic E-state index is 0.138. The number of imide groups is 2. The van der Waals surface area contributed by atoms with Crippen molar-refractivity contribution in [1.29, 1.82) is 0 Å². The van der Waals surface area contributed by atoms with Crippen molar-refractivity contribution in [3.05, 3.63) is 59.1 Å². The number of hydrogen-bond acceptors (Lipinski definition) is 4. The van der Waals surface area contributed by atoms with Crippen molar-refractivity contribution >= 4 is 90.7 Å². The third-order valence-corrected chi connectivity index (χ3v) is 5.71. The highest BCUT2D eigenvalue weighted by molar-refractivity contribution is 14.1. The van der Waals surface area contributed by atoms with E-state index >= 15 is 0 Å². The molecule has 132 valence electrons. The monoisotopic (exact) mass is 638 g/mol. The largest absolute Gasteiger partial charge is 0.506 e. The molecular weight excluding hydrogens is 630 g/mol. The fourth-order valence-corrected chi connectivity index (χ4v) is 4.40. The molecule has 0 aliphatic carbocycles. The molecule has 1 fully saturated rings. The van der Waals surface area contributed by atoms with Gasteiger partial charge in [-0.1, -0.05) is 15.9 Å². The van der Waals surface area contributed by atoms with Gasteiger partial charge < -0.3 is 5.11 Å². The Kier molecular flexibility index (Phi) is 5.67. The number of amides is 4. The summed E-state index contributed by atoms with van der Waals surface area (Å²) in [5.74, 6) is -1.33. The Labute approximate surface area is 184 Å². The number of barbiturate groups is 1. The topological polar surface area (TPSA) is 86.7 Å². The third kappa shape index (κ3) is 3.78. The molecule has 1 aliphatic heterocycles. The van der Waals surface area contributed by atoms with Gasteiger partial charge in [-0.05, 0) is 93.2 Å². The lowest BCUT2D eigenvalue weighted by Crippen LogP contribution is -2.54. The number of nitrogens with zero attached hydrogens (tertiary/aromatic N) is 1. The maximum absolute atomic E-state index is 12.8. The Balaban J connectivity index is 2.04. The zero-order valence-electron chi connectivity index (χ0n) is 12.8. The average Bonchev–Trinajstić information content (AvgIpc) is 2.58. The molecule has 0 unspecified atom stereocenters. The summed E-state index contributed by atoms with van der Waals surface area (Å²) in [5.41, 5.74) is 0.758. The number of carbonyl (C=O) groups is 3. The number of carbonyl (C=O) groups excluding carboxylic acids is 3. The molecule has 0 radical (unpaired) electrons. The van der Waals surface area contributed by atoms with Crippen LogP contribution < -0.4 is 10.2 Å². The first kappa shape index (κ1) is 19.3. The molecule has 2 N–H and O–H groups in total. The summed E-state index contributed by atoms with van der Waals surface area (Å²) in [6.45, 7) is 0. The predicted molar refractivity (Wildman–Crippen MR) is 117 cm³/mol. The molecule has 1 saturated heterocycles. The summed E-state index contributed by atoms with van der Waals surface area (Å²) in [5, 5.41) is 12.0. The van der Waals surface area contributed by atoms with Gasteiger partial charge in [0.25, 0.3) is 11.8 Å². The molecule has 0 bridgehead atoms. The van der Waals surface area contributed by atoms with Gasteiger partial charge in [-0.2, -0.15) is 0 Å². The summed E-state index contributed by atoms with van der Waals surface area (Å²) in [6.07, 6.45) is 1.40. The average molecular weight is 639 g/mol. The molecule has 3 rings (SSSR count). The van der Waals surface area contributed by atoms with Crippen LogP contribution in [-0.4, -0.2) is 23.0 Å². The van der Waals surface area contributed by atoms with Crippen LogP contribution in [0.1, 0.15) is 5.56 Å². The van der Waals surface area contributed by atoms with Crippen molar-refractivity contribution in [2.45, 2.75) is 0 Å². The molecule has 9 heteroatoms. The van der Waals surface area contributed by atoms with Gasteiger partial charge in [-0.3, -0.25) is 14.9 Å². The molecule has 0 atom stereocenters. The Bertz CT molecular complexity index is 950. The molecular formula is C17H9BrI2N2O4. The molecule has 2 aromatic rings. The van der Waals surface area contributed by atoms with Gasteiger partial charge in [0.15, 0.2) is 0 Å². The number of halogens is 3. The van der Waals surface area contributed by atoms with Crippen LogP contribution in [0.25, 0.3) is 6.08 Å². The highest BCUT2D eigenvalue weighted by Crippen LogP contribution is 2.29. The van der Waals surface area contributed by atoms with Crippen LogP contribution in [-0.2, 0) is 9.59 Å². The lowest BCUT2D eigenvalue weighted by atomic mass is 10.1. The first-order chi connectivity index (χ1) is 12.3. The van der Waals surface area contributed by atoms with Gasteiger partial charge >= 0.3 is 6.03 Å². The molecule has 1 aliphatic rings. The SMILES string of the molecule is O=C1NC(=O)N(c2ccc(Br)cc2)C(=O)C1=Cc1cc(I)c(O)c(I)c1. The maximum atomic E-state index is 12.8. The minimum Gasteiger partial charge on any atom is -0.506 e. The fraction of sp³-hybridized carbons (Fsp3) is 0. The van der Waals surface area contributed by atoms with E-state index in [1.807, 2.05) is 45.2 Å². The second-order valence-corrected chi connectivity index (χ2v) is 8.51. The Morgan fingerprint density at radius 1 is 1.04 bits per heavy atom. The molecule has 0 spiro atoms. The zero-order valence-corrected chi connectivity index (χ0v) is 18.7. The summed E-state index contributed by atoms with van der Waals surface area (Å²) in [7, 11) is 0. The van der Waals surface area contributed by atoms with Crippen LogP contribution in [0, 0.1) is 7.14 Å². The van der Waals surface area contributed by atoms with E-state index < -0.39 is 17.8 Å². The van der Waals surface area contributed by atoms with Crippen LogP contribution in [0.4, 0.5) is 10.5 Å². The van der Waals surface area contributed by atoms with Crippen molar-refractivity contribution in [3.63, 3.8) is 0 Å². The van der Waals surface area contributed by atoms with Crippen molar-refractivity contribution in [2.24, 2.45) is 0 Å². The van der Waals surface area contributed by atoms with Crippen LogP contribution in [0.15, 0.2) is 46.4 Å². The van der Waals surface area contributed by atoms with E-state index in [0.29, 0.717) is 18.4 Å². The molecule has 4 amide bonds. The lowest BCUT2D eigenvalue weighted by Gasteiger charge is -2.26. The number of anilines is 1. The minimum atomic E-state index is -0.797. The predicted octanol–water partition coefficient (Wildman–Crippen LogP) is 4.03. The van der Waals surface area contributed by atoms with Crippen molar-refractivity contribution in [3.8, 4) is 5.75 Å². The van der Waals surface area contributed by atoms with Gasteiger partial charge in [0.2, 0.25) is 0 Å². The van der Waals surface area contributed by atoms with Gasteiger partial charge in [-0.15, -0.1) is 0 Å². The lowest BCUT2D eigenvalue weighted by molar-refractivity contribution is -0.122. The fourth-order valence-electron chi connectivity index (χ4n) is 2.32. The molecule has 0 saturated carbocycles. The second kappa shape index (κ2) is 7.64. The van der Waals surface area contributed by atoms with E-state index in [2.05, 4.69) is 21.2 Å². The van der Waals surface area contributed by atoms with E-state index in [9.17, 15) is 19.5 Å². The summed E-state index contributed by atoms with van der Waals surface area (Å²) in [4.78, 5) is 38.0. The molecule has 6 nitrogen and oxygen atoms in total. The Morgan fingerprint density at radius 2 is 1.62 bits per heavy atom. The number of phenolic OH excluding ortho intramolecular Hbond substituents is 1. The molecule has 0 aromatic heterocycles. The molecule has 1 heterocycles. The number of benzene rings is 2. The standard InChI is InChI=1S/C17H9BrI2N2O4/c18-9-1-3-10(4-2-9)22-16(25)11(15(24)21-17(22)26)5-8-6-12(19)14(23)13(20)7-8/h1-7,23H,(H,21,24,26). The van der Waals surface area contributed by atoms with E-state index in [-0.39, 0.29) is 11.3 Å². The highest BCUT2D eigenvalue weighted by Gasteiger charge is 2.36. The highest BCUT2D eigenvalue weighted by atomic mass is 127. The van der Waals surface area contributed by atoms with Crippen LogP contribution in [0.5, 0.6) is 5.75 Å². The Hall–Kier alpha value is -1.47. The van der Waals surface area contributed by atoms with Gasteiger partial charge in [0.1, 0.15) is 11.3 Å². The Morgan fingerprint density at radius 3 is 2.19 bits per heavy atom. The van der Waals surface area contributed by atoms with Gasteiger partial charge in [0.05, 0.1) is 12.8 Å². The summed E-state index contributed by atoms with van der Waals surface area (Å²) in [6, 6.07) is 9.08. The summed E-state index contributed by atoms with van der Waals surface area (Å²) >= 11 is 7.22. The number of urea groups is 1. The van der Waals surface area contributed by atoms with E-state index in [0.717, 1.165) is 9.37 Å². The quantitative estimate of drug-likeness (QED) is 0.296. The number of nitrogens with one attached hydrogen (secondary N) is 1. The van der Waals surface area contributed by atoms with Gasteiger partial charge in [0, 0.05) is 4.47 Å². The van der Waals surface area contributed by atoms with Crippen molar-refractivity contribution < 1.29 is 19.5 Å². The van der Waals surface area contributed by atoms with E-state index in [1.165, 1.54) is 6.08 Å². The summed E-state index contributed by atoms with van der Waals surface area (Å²) < 4.78 is 1.97. The van der Waals surface area contributed by atoms with Crippen LogP contribution in [0.2, 0.25) is 0 Å². The van der Waals surface area contributed by atoms with Crippen LogP contribution >= 0.6 is 61.1 Å². The van der Waals surface area contributed by atoms with Crippen molar-refractivity contribution in [1.82, 2.24) is 5.32 Å². The third-order valence-electron chi connectivity index (χ3n) is 3.54. The van der Waals surface area contributed by atoms with Gasteiger partial charge in [-0.25, -0.2) is 9.69 Å².